The maximum atomic E-state index is 14.2. The molecule has 208 valence electrons. The van der Waals surface area contributed by atoms with Gasteiger partial charge in [-0.3, -0.25) is 4.79 Å². The number of rotatable bonds is 11. The Kier molecular flexibility index (Phi) is 8.66. The monoisotopic (exact) mass is 531 g/mol. The molecule has 2 fully saturated rings. The van der Waals surface area contributed by atoms with Gasteiger partial charge in [0.25, 0.3) is 5.91 Å². The number of hydrogen-bond acceptors (Lipinski definition) is 4. The van der Waals surface area contributed by atoms with Crippen LogP contribution in [0.25, 0.3) is 5.69 Å². The first-order chi connectivity index (χ1) is 19.0. The van der Waals surface area contributed by atoms with E-state index in [1.54, 1.807) is 6.07 Å². The number of piperazine rings is 1. The second kappa shape index (κ2) is 12.3. The zero-order valence-corrected chi connectivity index (χ0v) is 23.7. The van der Waals surface area contributed by atoms with Crippen molar-refractivity contribution in [3.63, 3.8) is 0 Å². The van der Waals surface area contributed by atoms with Gasteiger partial charge in [-0.1, -0.05) is 44.9 Å². The fraction of sp³-hybridized carbons (Fsp3) is 0.500. The third kappa shape index (κ3) is 6.35. The minimum absolute atomic E-state index is 0.0808. The van der Waals surface area contributed by atoms with Gasteiger partial charge in [-0.2, -0.15) is 5.10 Å². The second-order valence-corrected chi connectivity index (χ2v) is 11.0. The molecular formula is C32H42FN5O. The second-order valence-electron chi connectivity index (χ2n) is 11.0. The molecule has 2 aromatic carbocycles. The summed E-state index contributed by atoms with van der Waals surface area (Å²) in [6, 6.07) is 15.1. The molecule has 0 unspecified atom stereocenters. The molecule has 0 spiro atoms. The number of carbonyl (C=O) groups excluding carboxylic acids is 1. The van der Waals surface area contributed by atoms with Crippen molar-refractivity contribution in [2.24, 2.45) is 0 Å². The molecule has 1 aliphatic heterocycles. The topological polar surface area (TPSA) is 44.6 Å². The van der Waals surface area contributed by atoms with Crippen molar-refractivity contribution in [2.75, 3.05) is 37.6 Å². The molecule has 0 radical (unpaired) electrons. The lowest BCUT2D eigenvalue weighted by Gasteiger charge is -2.36. The molecule has 6 nitrogen and oxygen atoms in total. The van der Waals surface area contributed by atoms with Gasteiger partial charge in [0.2, 0.25) is 0 Å². The van der Waals surface area contributed by atoms with Crippen LogP contribution in [0.3, 0.4) is 0 Å². The van der Waals surface area contributed by atoms with Crippen LogP contribution in [-0.2, 0) is 13.0 Å². The van der Waals surface area contributed by atoms with E-state index in [9.17, 15) is 9.18 Å². The van der Waals surface area contributed by atoms with E-state index < -0.39 is 0 Å². The maximum absolute atomic E-state index is 14.2. The lowest BCUT2D eigenvalue weighted by Crippen LogP contribution is -2.47. The van der Waals surface area contributed by atoms with E-state index in [0.717, 1.165) is 74.6 Å². The summed E-state index contributed by atoms with van der Waals surface area (Å²) in [5.74, 6) is 0.785. The van der Waals surface area contributed by atoms with Crippen molar-refractivity contribution in [3.05, 3.63) is 76.7 Å². The van der Waals surface area contributed by atoms with Crippen molar-refractivity contribution >= 4 is 11.7 Å². The fourth-order valence-electron chi connectivity index (χ4n) is 5.60. The fourth-order valence-corrected chi connectivity index (χ4v) is 5.60. The summed E-state index contributed by atoms with van der Waals surface area (Å²) >= 11 is 0. The van der Waals surface area contributed by atoms with Crippen LogP contribution in [0.5, 0.6) is 0 Å². The number of hydrogen-bond donors (Lipinski definition) is 0. The molecule has 0 atom stereocenters. The summed E-state index contributed by atoms with van der Waals surface area (Å²) in [6.07, 6.45) is 6.74. The average molecular weight is 532 g/mol. The van der Waals surface area contributed by atoms with Crippen LogP contribution in [0.1, 0.15) is 73.1 Å². The van der Waals surface area contributed by atoms with E-state index in [4.69, 9.17) is 5.10 Å². The molecule has 3 aromatic rings. The Morgan fingerprint density at radius 1 is 1.03 bits per heavy atom. The van der Waals surface area contributed by atoms with Gasteiger partial charge >= 0.3 is 0 Å². The molecule has 0 bridgehead atoms. The summed E-state index contributed by atoms with van der Waals surface area (Å²) in [7, 11) is 0. The Labute approximate surface area is 232 Å². The van der Waals surface area contributed by atoms with Crippen molar-refractivity contribution in [3.8, 4) is 5.69 Å². The predicted octanol–water partition coefficient (Wildman–Crippen LogP) is 6.00. The van der Waals surface area contributed by atoms with Crippen LogP contribution in [0.15, 0.2) is 48.5 Å². The summed E-state index contributed by atoms with van der Waals surface area (Å²) in [5.41, 5.74) is 4.69. The number of halogens is 1. The maximum Gasteiger partial charge on any atom is 0.254 e. The molecule has 39 heavy (non-hydrogen) atoms. The molecule has 2 aliphatic rings. The molecule has 1 aromatic heterocycles. The van der Waals surface area contributed by atoms with E-state index >= 15 is 0 Å². The molecule has 2 heterocycles. The highest BCUT2D eigenvalue weighted by molar-refractivity contribution is 5.94. The van der Waals surface area contributed by atoms with Crippen molar-refractivity contribution in [2.45, 2.75) is 71.9 Å². The highest BCUT2D eigenvalue weighted by atomic mass is 19.1. The van der Waals surface area contributed by atoms with Gasteiger partial charge in [0.05, 0.1) is 17.9 Å². The lowest BCUT2D eigenvalue weighted by molar-refractivity contribution is 0.0730. The Morgan fingerprint density at radius 3 is 2.41 bits per heavy atom. The number of unbranched alkanes of at least 4 members (excludes halogenated alkanes) is 2. The molecule has 1 saturated carbocycles. The number of amides is 1. The van der Waals surface area contributed by atoms with Gasteiger partial charge in [0.15, 0.2) is 0 Å². The molecule has 0 N–H and O–H groups in total. The van der Waals surface area contributed by atoms with Crippen molar-refractivity contribution in [1.82, 2.24) is 19.6 Å². The Bertz CT molecular complexity index is 1260. The summed E-state index contributed by atoms with van der Waals surface area (Å²) in [6.45, 7) is 11.6. The highest BCUT2D eigenvalue weighted by Gasteiger charge is 2.35. The molecule has 1 aliphatic carbocycles. The molecule has 1 saturated heterocycles. The Hall–Kier alpha value is -3.19. The first-order valence-corrected chi connectivity index (χ1v) is 14.7. The number of benzene rings is 2. The van der Waals surface area contributed by atoms with E-state index in [-0.39, 0.29) is 17.8 Å². The number of carbonyl (C=O) groups is 1. The van der Waals surface area contributed by atoms with Crippen LogP contribution in [-0.4, -0.2) is 64.3 Å². The van der Waals surface area contributed by atoms with Gasteiger partial charge in [0.1, 0.15) is 11.6 Å². The number of anilines is 1. The predicted molar refractivity (Wildman–Crippen MR) is 155 cm³/mol. The van der Waals surface area contributed by atoms with Gasteiger partial charge < -0.3 is 14.7 Å². The molecule has 1 amide bonds. The SMILES string of the molecule is CCCCCc1ccc(C(=O)N(Cc2c(C)nn(-c3cccc(F)c3)c2N2CCN(CC)CC2)C2CC2)cc1. The lowest BCUT2D eigenvalue weighted by atomic mass is 10.0. The minimum Gasteiger partial charge on any atom is -0.354 e. The summed E-state index contributed by atoms with van der Waals surface area (Å²) in [5, 5.41) is 4.91. The first-order valence-electron chi connectivity index (χ1n) is 14.7. The van der Waals surface area contributed by atoms with Crippen LogP contribution >= 0.6 is 0 Å². The van der Waals surface area contributed by atoms with E-state index in [0.29, 0.717) is 12.2 Å². The Morgan fingerprint density at radius 2 is 1.77 bits per heavy atom. The van der Waals surface area contributed by atoms with Crippen molar-refractivity contribution < 1.29 is 9.18 Å². The smallest absolute Gasteiger partial charge is 0.254 e. The van der Waals surface area contributed by atoms with Crippen LogP contribution in [0.2, 0.25) is 0 Å². The number of likely N-dealkylation sites (N-methyl/N-ethyl adjacent to an activating group) is 1. The zero-order chi connectivity index (χ0) is 27.4. The van der Waals surface area contributed by atoms with E-state index in [1.807, 2.05) is 34.7 Å². The summed E-state index contributed by atoms with van der Waals surface area (Å²) < 4.78 is 16.1. The number of aromatic nitrogens is 2. The number of nitrogens with zero attached hydrogens (tertiary/aromatic N) is 5. The third-order valence-electron chi connectivity index (χ3n) is 8.18. The Balaban J connectivity index is 1.44. The standard InChI is InChI=1S/C32H42FN5O/c1-4-6-7-9-25-12-14-26(15-13-25)32(39)37(28-16-17-28)23-30-24(3)34-38(29-11-8-10-27(33)22-29)31(30)36-20-18-35(5-2)19-21-36/h8,10-15,22,28H,4-7,9,16-21,23H2,1-3H3. The molecular weight excluding hydrogens is 489 g/mol. The molecule has 7 heteroatoms. The van der Waals surface area contributed by atoms with Gasteiger partial charge in [0, 0.05) is 43.3 Å². The first kappa shape index (κ1) is 27.4. The van der Waals surface area contributed by atoms with Gasteiger partial charge in [-0.25, -0.2) is 9.07 Å². The van der Waals surface area contributed by atoms with Crippen LogP contribution in [0, 0.1) is 12.7 Å². The van der Waals surface area contributed by atoms with E-state index in [2.05, 4.69) is 35.8 Å². The van der Waals surface area contributed by atoms with Gasteiger partial charge in [-0.15, -0.1) is 0 Å². The largest absolute Gasteiger partial charge is 0.354 e. The van der Waals surface area contributed by atoms with Crippen molar-refractivity contribution in [1.29, 1.82) is 0 Å². The third-order valence-corrected chi connectivity index (χ3v) is 8.18. The summed E-state index contributed by atoms with van der Waals surface area (Å²) in [4.78, 5) is 20.7. The molecule has 5 rings (SSSR count). The van der Waals surface area contributed by atoms with Gasteiger partial charge in [-0.05, 0) is 75.0 Å². The quantitative estimate of drug-likeness (QED) is 0.285. The normalized spacial score (nSPS) is 16.1. The average Bonchev–Trinajstić information content (AvgIpc) is 3.75. The zero-order valence-electron chi connectivity index (χ0n) is 23.7. The highest BCUT2D eigenvalue weighted by Crippen LogP contribution is 2.35. The van der Waals surface area contributed by atoms with E-state index in [1.165, 1.54) is 37.0 Å². The minimum atomic E-state index is -0.281. The van der Waals surface area contributed by atoms with Crippen LogP contribution in [0.4, 0.5) is 10.2 Å². The number of aryl methyl sites for hydroxylation is 2. The van der Waals surface area contributed by atoms with Crippen LogP contribution < -0.4 is 4.90 Å².